The fraction of sp³-hybridized carbons (Fsp3) is 0.682. The van der Waals surface area contributed by atoms with Gasteiger partial charge in [-0.15, -0.1) is 0 Å². The maximum absolute atomic E-state index is 13.2. The molecule has 1 amide bonds. The van der Waals surface area contributed by atoms with Crippen molar-refractivity contribution in [2.24, 2.45) is 11.8 Å². The van der Waals surface area contributed by atoms with Gasteiger partial charge in [0, 0.05) is 25.2 Å². The fourth-order valence-corrected chi connectivity index (χ4v) is 4.01. The zero-order chi connectivity index (χ0) is 20.0. The zero-order valence-electron chi connectivity index (χ0n) is 17.8. The van der Waals surface area contributed by atoms with Crippen LogP contribution in [-0.2, 0) is 4.79 Å². The number of amides is 1. The molecular formula is C22H36N2O3. The van der Waals surface area contributed by atoms with Gasteiger partial charge in [0.2, 0.25) is 5.91 Å². The third kappa shape index (κ3) is 5.86. The Morgan fingerprint density at radius 2 is 1.81 bits per heavy atom. The Morgan fingerprint density at radius 3 is 2.37 bits per heavy atom. The lowest BCUT2D eigenvalue weighted by Crippen LogP contribution is -2.42. The largest absolute Gasteiger partial charge is 0.497 e. The van der Waals surface area contributed by atoms with Gasteiger partial charge in [-0.1, -0.05) is 27.7 Å². The molecule has 1 atom stereocenters. The first kappa shape index (κ1) is 21.5. The van der Waals surface area contributed by atoms with Crippen LogP contribution in [0.4, 0.5) is 0 Å². The summed E-state index contributed by atoms with van der Waals surface area (Å²) in [6, 6.07) is 5.90. The molecule has 1 aliphatic heterocycles. The van der Waals surface area contributed by atoms with Gasteiger partial charge in [-0.3, -0.25) is 9.69 Å². The number of likely N-dealkylation sites (tertiary alicyclic amines) is 1. The van der Waals surface area contributed by atoms with Crippen molar-refractivity contribution in [3.8, 4) is 11.5 Å². The van der Waals surface area contributed by atoms with E-state index in [4.69, 9.17) is 9.47 Å². The highest BCUT2D eigenvalue weighted by Crippen LogP contribution is 2.39. The molecule has 1 aromatic carbocycles. The van der Waals surface area contributed by atoms with Gasteiger partial charge in [-0.25, -0.2) is 0 Å². The molecule has 5 heteroatoms. The summed E-state index contributed by atoms with van der Waals surface area (Å²) >= 11 is 0. The van der Waals surface area contributed by atoms with E-state index in [1.807, 2.05) is 23.1 Å². The average molecular weight is 377 g/mol. The summed E-state index contributed by atoms with van der Waals surface area (Å²) in [5.74, 6) is 2.92. The second kappa shape index (κ2) is 9.98. The van der Waals surface area contributed by atoms with Crippen molar-refractivity contribution in [1.82, 2.24) is 9.80 Å². The molecule has 2 rings (SSSR count). The van der Waals surface area contributed by atoms with Crippen LogP contribution in [0.1, 0.15) is 52.1 Å². The van der Waals surface area contributed by atoms with E-state index in [-0.39, 0.29) is 11.9 Å². The van der Waals surface area contributed by atoms with Crippen LogP contribution in [0.25, 0.3) is 0 Å². The van der Waals surface area contributed by atoms with E-state index in [2.05, 4.69) is 32.6 Å². The van der Waals surface area contributed by atoms with Gasteiger partial charge < -0.3 is 14.4 Å². The van der Waals surface area contributed by atoms with E-state index in [0.717, 1.165) is 49.5 Å². The fourth-order valence-electron chi connectivity index (χ4n) is 4.01. The number of hydrogen-bond acceptors (Lipinski definition) is 4. The molecule has 1 aliphatic rings. The molecule has 0 N–H and O–H groups in total. The molecule has 0 spiro atoms. The quantitative estimate of drug-likeness (QED) is 0.654. The minimum absolute atomic E-state index is 0.0579. The molecular weight excluding hydrogens is 340 g/mol. The predicted octanol–water partition coefficient (Wildman–Crippen LogP) is 3.98. The summed E-state index contributed by atoms with van der Waals surface area (Å²) in [5, 5.41) is 0. The molecule has 1 aromatic rings. The highest BCUT2D eigenvalue weighted by atomic mass is 16.5. The molecule has 0 aliphatic carbocycles. The molecule has 1 saturated heterocycles. The van der Waals surface area contributed by atoms with Gasteiger partial charge in [-0.05, 0) is 42.9 Å². The Kier molecular flexibility index (Phi) is 7.96. The van der Waals surface area contributed by atoms with Crippen molar-refractivity contribution in [3.05, 3.63) is 23.8 Å². The normalized spacial score (nSPS) is 17.2. The third-order valence-electron chi connectivity index (χ3n) is 4.97. The smallest absolute Gasteiger partial charge is 0.237 e. The van der Waals surface area contributed by atoms with E-state index in [1.54, 1.807) is 14.2 Å². The molecule has 152 valence electrons. The van der Waals surface area contributed by atoms with Gasteiger partial charge >= 0.3 is 0 Å². The molecule has 0 bridgehead atoms. The molecule has 27 heavy (non-hydrogen) atoms. The van der Waals surface area contributed by atoms with Crippen LogP contribution in [0.15, 0.2) is 18.2 Å². The Labute approximate surface area is 164 Å². The summed E-state index contributed by atoms with van der Waals surface area (Å²) in [7, 11) is 3.35. The van der Waals surface area contributed by atoms with E-state index in [1.165, 1.54) is 0 Å². The number of rotatable bonds is 9. The van der Waals surface area contributed by atoms with Crippen molar-refractivity contribution < 1.29 is 14.3 Å². The van der Waals surface area contributed by atoms with Crippen molar-refractivity contribution in [2.45, 2.75) is 46.6 Å². The summed E-state index contributed by atoms with van der Waals surface area (Å²) in [5.41, 5.74) is 1.04. The minimum atomic E-state index is 0.0579. The number of nitrogens with zero attached hydrogens (tertiary/aromatic N) is 2. The first-order chi connectivity index (χ1) is 12.8. The van der Waals surface area contributed by atoms with E-state index >= 15 is 0 Å². The topological polar surface area (TPSA) is 42.0 Å². The van der Waals surface area contributed by atoms with E-state index in [9.17, 15) is 4.79 Å². The molecule has 1 unspecified atom stereocenters. The first-order valence-corrected chi connectivity index (χ1v) is 10.1. The van der Waals surface area contributed by atoms with E-state index < -0.39 is 0 Å². The molecule has 0 saturated carbocycles. The van der Waals surface area contributed by atoms with Gasteiger partial charge in [0.05, 0.1) is 26.8 Å². The van der Waals surface area contributed by atoms with Crippen LogP contribution in [0.2, 0.25) is 0 Å². The van der Waals surface area contributed by atoms with Crippen LogP contribution in [-0.4, -0.2) is 56.1 Å². The monoisotopic (exact) mass is 376 g/mol. The Morgan fingerprint density at radius 1 is 1.15 bits per heavy atom. The highest BCUT2D eigenvalue weighted by molar-refractivity contribution is 5.79. The van der Waals surface area contributed by atoms with Crippen molar-refractivity contribution in [2.75, 3.05) is 40.4 Å². The second-order valence-corrected chi connectivity index (χ2v) is 8.33. The van der Waals surface area contributed by atoms with E-state index in [0.29, 0.717) is 18.4 Å². The lowest BCUT2D eigenvalue weighted by molar-refractivity contribution is -0.133. The minimum Gasteiger partial charge on any atom is -0.497 e. The van der Waals surface area contributed by atoms with Crippen LogP contribution >= 0.6 is 0 Å². The molecule has 1 heterocycles. The zero-order valence-corrected chi connectivity index (χ0v) is 17.8. The third-order valence-corrected chi connectivity index (χ3v) is 4.97. The summed E-state index contributed by atoms with van der Waals surface area (Å²) in [4.78, 5) is 17.5. The Balaban J connectivity index is 2.18. The second-order valence-electron chi connectivity index (χ2n) is 8.33. The van der Waals surface area contributed by atoms with Crippen LogP contribution in [0, 0.1) is 11.8 Å². The first-order valence-electron chi connectivity index (χ1n) is 10.1. The Hall–Kier alpha value is -1.75. The van der Waals surface area contributed by atoms with Gasteiger partial charge in [0.25, 0.3) is 0 Å². The summed E-state index contributed by atoms with van der Waals surface area (Å²) in [6.07, 6.45) is 1.98. The molecule has 5 nitrogen and oxygen atoms in total. The van der Waals surface area contributed by atoms with Crippen molar-refractivity contribution in [3.63, 3.8) is 0 Å². The van der Waals surface area contributed by atoms with Gasteiger partial charge in [-0.2, -0.15) is 0 Å². The highest BCUT2D eigenvalue weighted by Gasteiger charge is 2.33. The number of ether oxygens (including phenoxy) is 2. The van der Waals surface area contributed by atoms with Crippen molar-refractivity contribution in [1.29, 1.82) is 0 Å². The lowest BCUT2D eigenvalue weighted by Gasteiger charge is -2.31. The molecule has 0 radical (unpaired) electrons. The number of carbonyl (C=O) groups excluding carboxylic acids is 1. The predicted molar refractivity (Wildman–Crippen MR) is 109 cm³/mol. The molecule has 1 fully saturated rings. The number of benzene rings is 1. The van der Waals surface area contributed by atoms with Crippen molar-refractivity contribution >= 4 is 5.91 Å². The standard InChI is InChI=1S/C22H36N2O3/c1-16(2)13-23(14-17(3)4)15-22(25)24-11-7-8-20(24)19-12-18(26-5)9-10-21(19)27-6/h9-10,12,16-17,20H,7-8,11,13-15H2,1-6H3. The molecule has 0 aromatic heterocycles. The van der Waals surface area contributed by atoms with Crippen LogP contribution in [0.3, 0.4) is 0 Å². The SMILES string of the molecule is COc1ccc(OC)c(C2CCCN2C(=O)CN(CC(C)C)CC(C)C)c1. The Bertz CT molecular complexity index is 606. The lowest BCUT2D eigenvalue weighted by atomic mass is 10.0. The summed E-state index contributed by atoms with van der Waals surface area (Å²) < 4.78 is 11.0. The van der Waals surface area contributed by atoms with Crippen LogP contribution < -0.4 is 9.47 Å². The maximum atomic E-state index is 13.2. The maximum Gasteiger partial charge on any atom is 0.237 e. The number of hydrogen-bond donors (Lipinski definition) is 0. The van der Waals surface area contributed by atoms with Crippen LogP contribution in [0.5, 0.6) is 11.5 Å². The summed E-state index contributed by atoms with van der Waals surface area (Å²) in [6.45, 7) is 12.0. The van der Waals surface area contributed by atoms with Gasteiger partial charge in [0.1, 0.15) is 11.5 Å². The average Bonchev–Trinajstić information content (AvgIpc) is 3.09. The van der Waals surface area contributed by atoms with Gasteiger partial charge in [0.15, 0.2) is 0 Å². The number of methoxy groups -OCH3 is 2. The number of carbonyl (C=O) groups is 1.